The van der Waals surface area contributed by atoms with E-state index in [9.17, 15) is 8.78 Å². The quantitative estimate of drug-likeness (QED) is 0.868. The molecule has 0 bridgehead atoms. The van der Waals surface area contributed by atoms with Crippen molar-refractivity contribution >= 4 is 0 Å². The molecule has 6 heteroatoms. The van der Waals surface area contributed by atoms with E-state index >= 15 is 0 Å². The highest BCUT2D eigenvalue weighted by molar-refractivity contribution is 5.28. The third kappa shape index (κ3) is 2.06. The highest BCUT2D eigenvalue weighted by Gasteiger charge is 2.14. The SMILES string of the molecule is NC(c1ccc(C(F)F)cc1)c1ncon1. The highest BCUT2D eigenvalue weighted by Crippen LogP contribution is 2.22. The Morgan fingerprint density at radius 3 is 2.25 bits per heavy atom. The van der Waals surface area contributed by atoms with Crippen LogP contribution in [0.25, 0.3) is 0 Å². The smallest absolute Gasteiger partial charge is 0.263 e. The van der Waals surface area contributed by atoms with Crippen molar-refractivity contribution in [3.8, 4) is 0 Å². The second-order valence-electron chi connectivity index (χ2n) is 3.23. The fraction of sp³-hybridized carbons (Fsp3) is 0.200. The van der Waals surface area contributed by atoms with E-state index in [2.05, 4.69) is 14.7 Å². The van der Waals surface area contributed by atoms with E-state index in [0.29, 0.717) is 11.4 Å². The Balaban J connectivity index is 2.22. The maximum atomic E-state index is 12.3. The number of hydrogen-bond acceptors (Lipinski definition) is 4. The summed E-state index contributed by atoms with van der Waals surface area (Å²) in [7, 11) is 0. The number of halogens is 2. The predicted octanol–water partition coefficient (Wildman–Crippen LogP) is 2.06. The molecule has 84 valence electrons. The van der Waals surface area contributed by atoms with Crippen LogP contribution in [0, 0.1) is 0 Å². The normalized spacial score (nSPS) is 13.0. The van der Waals surface area contributed by atoms with Gasteiger partial charge in [-0.25, -0.2) is 8.78 Å². The summed E-state index contributed by atoms with van der Waals surface area (Å²) in [5.74, 6) is 0.324. The second kappa shape index (κ2) is 4.36. The first-order chi connectivity index (χ1) is 7.68. The van der Waals surface area contributed by atoms with Crippen molar-refractivity contribution in [3.05, 3.63) is 47.6 Å². The number of aromatic nitrogens is 2. The van der Waals surface area contributed by atoms with E-state index in [4.69, 9.17) is 5.73 Å². The summed E-state index contributed by atoms with van der Waals surface area (Å²) in [6.07, 6.45) is -1.31. The highest BCUT2D eigenvalue weighted by atomic mass is 19.3. The van der Waals surface area contributed by atoms with Crippen LogP contribution in [0.3, 0.4) is 0 Å². The van der Waals surface area contributed by atoms with Gasteiger partial charge in [0, 0.05) is 5.56 Å². The zero-order valence-electron chi connectivity index (χ0n) is 8.18. The third-order valence-corrected chi connectivity index (χ3v) is 2.20. The number of nitrogens with two attached hydrogens (primary N) is 1. The van der Waals surface area contributed by atoms with Crippen molar-refractivity contribution in [1.82, 2.24) is 10.1 Å². The standard InChI is InChI=1S/C10H9F2N3O/c11-9(12)7-3-1-6(2-4-7)8(13)10-14-5-16-15-10/h1-5,8-9H,13H2. The summed E-state index contributed by atoms with van der Waals surface area (Å²) < 4.78 is 29.2. The topological polar surface area (TPSA) is 64.9 Å². The molecule has 4 nitrogen and oxygen atoms in total. The number of nitrogens with zero attached hydrogens (tertiary/aromatic N) is 2. The summed E-state index contributed by atoms with van der Waals surface area (Å²) >= 11 is 0. The van der Waals surface area contributed by atoms with Crippen molar-refractivity contribution in [2.75, 3.05) is 0 Å². The molecule has 2 rings (SSSR count). The maximum absolute atomic E-state index is 12.3. The molecule has 2 aromatic rings. The Morgan fingerprint density at radius 2 is 1.75 bits per heavy atom. The van der Waals surface area contributed by atoms with Gasteiger partial charge in [0.05, 0.1) is 6.04 Å². The van der Waals surface area contributed by atoms with Gasteiger partial charge in [0.1, 0.15) is 0 Å². The van der Waals surface area contributed by atoms with Crippen LogP contribution in [-0.4, -0.2) is 10.1 Å². The van der Waals surface area contributed by atoms with E-state index in [0.717, 1.165) is 0 Å². The molecule has 1 aromatic heterocycles. The first kappa shape index (κ1) is 10.7. The average Bonchev–Trinajstić information content (AvgIpc) is 2.81. The fourth-order valence-corrected chi connectivity index (χ4v) is 1.31. The van der Waals surface area contributed by atoms with Gasteiger partial charge in [0.15, 0.2) is 5.82 Å². The molecule has 0 saturated heterocycles. The Morgan fingerprint density at radius 1 is 1.12 bits per heavy atom. The van der Waals surface area contributed by atoms with Crippen molar-refractivity contribution in [1.29, 1.82) is 0 Å². The molecular weight excluding hydrogens is 216 g/mol. The van der Waals surface area contributed by atoms with Crippen molar-refractivity contribution in [3.63, 3.8) is 0 Å². The lowest BCUT2D eigenvalue weighted by Crippen LogP contribution is -2.13. The Kier molecular flexibility index (Phi) is 2.91. The van der Waals surface area contributed by atoms with Gasteiger partial charge in [0.25, 0.3) is 6.43 Å². The molecule has 0 aliphatic heterocycles. The lowest BCUT2D eigenvalue weighted by atomic mass is 10.1. The number of alkyl halides is 2. The summed E-state index contributed by atoms with van der Waals surface area (Å²) in [6, 6.07) is 5.16. The number of hydrogen-bond donors (Lipinski definition) is 1. The monoisotopic (exact) mass is 225 g/mol. The van der Waals surface area contributed by atoms with E-state index in [1.54, 1.807) is 0 Å². The van der Waals surface area contributed by atoms with Crippen molar-refractivity contribution in [2.45, 2.75) is 12.5 Å². The van der Waals surface area contributed by atoms with E-state index in [1.165, 1.54) is 30.7 Å². The zero-order chi connectivity index (χ0) is 11.5. The van der Waals surface area contributed by atoms with Gasteiger partial charge in [-0.05, 0) is 5.56 Å². The van der Waals surface area contributed by atoms with Crippen LogP contribution in [0.2, 0.25) is 0 Å². The molecule has 0 saturated carbocycles. The lowest BCUT2D eigenvalue weighted by molar-refractivity contribution is 0.151. The van der Waals surface area contributed by atoms with Crippen LogP contribution in [0.5, 0.6) is 0 Å². The lowest BCUT2D eigenvalue weighted by Gasteiger charge is -2.08. The molecule has 0 aliphatic carbocycles. The van der Waals surface area contributed by atoms with Crippen LogP contribution in [-0.2, 0) is 0 Å². The molecule has 0 amide bonds. The molecule has 1 unspecified atom stereocenters. The van der Waals surface area contributed by atoms with Gasteiger partial charge >= 0.3 is 0 Å². The van der Waals surface area contributed by atoms with Crippen molar-refractivity contribution < 1.29 is 13.3 Å². The Labute approximate surface area is 90.1 Å². The molecule has 1 heterocycles. The minimum Gasteiger partial charge on any atom is -0.343 e. The molecule has 16 heavy (non-hydrogen) atoms. The second-order valence-corrected chi connectivity index (χ2v) is 3.23. The molecule has 0 spiro atoms. The Bertz CT molecular complexity index is 442. The van der Waals surface area contributed by atoms with Gasteiger partial charge in [-0.2, -0.15) is 4.98 Å². The van der Waals surface area contributed by atoms with Crippen LogP contribution in [0.4, 0.5) is 8.78 Å². The van der Waals surface area contributed by atoms with Gasteiger partial charge in [-0.15, -0.1) is 0 Å². The van der Waals surface area contributed by atoms with Crippen LogP contribution in [0.1, 0.15) is 29.4 Å². The summed E-state index contributed by atoms with van der Waals surface area (Å²) in [6.45, 7) is 0. The molecule has 0 fully saturated rings. The maximum Gasteiger partial charge on any atom is 0.263 e. The predicted molar refractivity (Wildman–Crippen MR) is 51.7 cm³/mol. The molecule has 2 N–H and O–H groups in total. The average molecular weight is 225 g/mol. The minimum absolute atomic E-state index is 0.0379. The minimum atomic E-state index is -2.48. The first-order valence-corrected chi connectivity index (χ1v) is 4.58. The largest absolute Gasteiger partial charge is 0.343 e. The van der Waals surface area contributed by atoms with E-state index in [-0.39, 0.29) is 5.56 Å². The summed E-state index contributed by atoms with van der Waals surface area (Å²) in [5, 5.41) is 3.59. The van der Waals surface area contributed by atoms with Crippen LogP contribution < -0.4 is 5.73 Å². The number of benzene rings is 1. The Hall–Kier alpha value is -1.82. The fourth-order valence-electron chi connectivity index (χ4n) is 1.31. The molecular formula is C10H9F2N3O. The van der Waals surface area contributed by atoms with E-state index in [1.807, 2.05) is 0 Å². The van der Waals surface area contributed by atoms with Crippen LogP contribution in [0.15, 0.2) is 35.2 Å². The van der Waals surface area contributed by atoms with Crippen molar-refractivity contribution in [2.24, 2.45) is 5.73 Å². The molecule has 1 atom stereocenters. The van der Waals surface area contributed by atoms with Crippen LogP contribution >= 0.6 is 0 Å². The van der Waals surface area contributed by atoms with E-state index < -0.39 is 12.5 Å². The number of rotatable bonds is 3. The van der Waals surface area contributed by atoms with Gasteiger partial charge in [-0.3, -0.25) is 0 Å². The first-order valence-electron chi connectivity index (χ1n) is 4.58. The third-order valence-electron chi connectivity index (χ3n) is 2.20. The molecule has 0 radical (unpaired) electrons. The van der Waals surface area contributed by atoms with Gasteiger partial charge in [0.2, 0.25) is 6.39 Å². The summed E-state index contributed by atoms with van der Waals surface area (Å²) in [4.78, 5) is 3.80. The molecule has 1 aromatic carbocycles. The zero-order valence-corrected chi connectivity index (χ0v) is 8.18. The van der Waals surface area contributed by atoms with Gasteiger partial charge in [-0.1, -0.05) is 29.4 Å². The summed E-state index contributed by atoms with van der Waals surface area (Å²) in [5.41, 5.74) is 6.43. The molecule has 0 aliphatic rings. The van der Waals surface area contributed by atoms with Gasteiger partial charge < -0.3 is 10.3 Å².